The SMILES string of the molecule is CCN(CC)CCN1C(=O)C(=O)C(=C(O)c2ccc(F)cc2)[C@@H]1c1ccc(OC(C)C)cc1. The van der Waals surface area contributed by atoms with Gasteiger partial charge in [-0.3, -0.25) is 9.59 Å². The average molecular weight is 455 g/mol. The molecule has 0 saturated carbocycles. The number of nitrogens with zero attached hydrogens (tertiary/aromatic N) is 2. The number of likely N-dealkylation sites (N-methyl/N-ethyl adjacent to an activating group) is 1. The van der Waals surface area contributed by atoms with E-state index in [0.29, 0.717) is 24.4 Å². The van der Waals surface area contributed by atoms with Crippen molar-refractivity contribution < 1.29 is 23.8 Å². The number of amides is 1. The van der Waals surface area contributed by atoms with Crippen LogP contribution in [0.25, 0.3) is 5.76 Å². The van der Waals surface area contributed by atoms with Crippen molar-refractivity contribution >= 4 is 17.4 Å². The van der Waals surface area contributed by atoms with Crippen LogP contribution in [0.2, 0.25) is 0 Å². The number of carbonyl (C=O) groups is 2. The molecule has 0 unspecified atom stereocenters. The summed E-state index contributed by atoms with van der Waals surface area (Å²) < 4.78 is 19.1. The Labute approximate surface area is 194 Å². The number of halogens is 1. The number of benzene rings is 2. The third-order valence-corrected chi connectivity index (χ3v) is 5.78. The summed E-state index contributed by atoms with van der Waals surface area (Å²) in [4.78, 5) is 29.7. The third kappa shape index (κ3) is 5.42. The molecular weight excluding hydrogens is 423 g/mol. The number of hydrogen-bond donors (Lipinski definition) is 1. The van der Waals surface area contributed by atoms with Crippen molar-refractivity contribution in [2.75, 3.05) is 26.2 Å². The van der Waals surface area contributed by atoms with Crippen LogP contribution in [0.5, 0.6) is 5.75 Å². The highest BCUT2D eigenvalue weighted by atomic mass is 19.1. The van der Waals surface area contributed by atoms with Gasteiger partial charge < -0.3 is 19.6 Å². The number of Topliss-reactive ketones (excluding diaryl/α,β-unsaturated/α-hetero) is 1. The molecule has 0 bridgehead atoms. The number of likely N-dealkylation sites (tertiary alicyclic amines) is 1. The predicted molar refractivity (Wildman–Crippen MR) is 125 cm³/mol. The summed E-state index contributed by atoms with van der Waals surface area (Å²) in [5.41, 5.74) is 0.972. The highest BCUT2D eigenvalue weighted by molar-refractivity contribution is 6.46. The lowest BCUT2D eigenvalue weighted by molar-refractivity contribution is -0.140. The molecule has 2 aromatic rings. The second-order valence-corrected chi connectivity index (χ2v) is 8.26. The Hall–Kier alpha value is -3.19. The van der Waals surface area contributed by atoms with Crippen molar-refractivity contribution in [3.8, 4) is 5.75 Å². The van der Waals surface area contributed by atoms with Gasteiger partial charge in [-0.25, -0.2) is 4.39 Å². The summed E-state index contributed by atoms with van der Waals surface area (Å²) in [6, 6.07) is 11.6. The van der Waals surface area contributed by atoms with Gasteiger partial charge in [-0.1, -0.05) is 26.0 Å². The molecule has 0 aromatic heterocycles. The molecule has 6 nitrogen and oxygen atoms in total. The van der Waals surface area contributed by atoms with Gasteiger partial charge in [0.05, 0.1) is 17.7 Å². The second kappa shape index (κ2) is 10.6. The van der Waals surface area contributed by atoms with Crippen molar-refractivity contribution in [1.29, 1.82) is 0 Å². The van der Waals surface area contributed by atoms with E-state index in [2.05, 4.69) is 4.90 Å². The van der Waals surface area contributed by atoms with Crippen molar-refractivity contribution in [3.05, 3.63) is 71.0 Å². The van der Waals surface area contributed by atoms with Crippen LogP contribution in [0.4, 0.5) is 4.39 Å². The zero-order chi connectivity index (χ0) is 24.1. The lowest BCUT2D eigenvalue weighted by Gasteiger charge is -2.28. The molecule has 2 aromatic carbocycles. The molecule has 1 aliphatic rings. The van der Waals surface area contributed by atoms with Gasteiger partial charge in [0.15, 0.2) is 0 Å². The Morgan fingerprint density at radius 2 is 1.67 bits per heavy atom. The first-order chi connectivity index (χ1) is 15.8. The minimum absolute atomic E-state index is 0.00341. The van der Waals surface area contributed by atoms with Crippen molar-refractivity contribution in [2.24, 2.45) is 0 Å². The van der Waals surface area contributed by atoms with Gasteiger partial charge in [0, 0.05) is 18.7 Å². The van der Waals surface area contributed by atoms with Crippen LogP contribution in [0.3, 0.4) is 0 Å². The first kappa shape index (κ1) is 24.5. The second-order valence-electron chi connectivity index (χ2n) is 8.26. The largest absolute Gasteiger partial charge is 0.507 e. The summed E-state index contributed by atoms with van der Waals surface area (Å²) in [6.07, 6.45) is 0.00836. The summed E-state index contributed by atoms with van der Waals surface area (Å²) in [7, 11) is 0. The Morgan fingerprint density at radius 3 is 2.21 bits per heavy atom. The van der Waals surface area contributed by atoms with Crippen LogP contribution in [0, 0.1) is 5.82 Å². The zero-order valence-corrected chi connectivity index (χ0v) is 19.5. The molecule has 1 saturated heterocycles. The van der Waals surface area contributed by atoms with E-state index in [0.717, 1.165) is 13.1 Å². The Bertz CT molecular complexity index is 1010. The molecule has 33 heavy (non-hydrogen) atoms. The Morgan fingerprint density at radius 1 is 1.06 bits per heavy atom. The number of hydrogen-bond acceptors (Lipinski definition) is 5. The van der Waals surface area contributed by atoms with E-state index in [1.165, 1.54) is 29.2 Å². The van der Waals surface area contributed by atoms with Gasteiger partial charge in [0.25, 0.3) is 11.7 Å². The van der Waals surface area contributed by atoms with E-state index in [9.17, 15) is 19.1 Å². The number of carbonyl (C=O) groups excluding carboxylic acids is 2. The molecule has 0 radical (unpaired) electrons. The molecule has 176 valence electrons. The normalized spacial score (nSPS) is 17.9. The lowest BCUT2D eigenvalue weighted by atomic mass is 9.95. The average Bonchev–Trinajstić information content (AvgIpc) is 3.05. The molecule has 0 aliphatic carbocycles. The van der Waals surface area contributed by atoms with Crippen molar-refractivity contribution in [2.45, 2.75) is 39.8 Å². The number of aliphatic hydroxyl groups is 1. The molecule has 1 amide bonds. The van der Waals surface area contributed by atoms with E-state index in [1.54, 1.807) is 24.3 Å². The number of rotatable bonds is 9. The van der Waals surface area contributed by atoms with Crippen LogP contribution in [0.15, 0.2) is 54.1 Å². The molecule has 1 atom stereocenters. The molecule has 0 spiro atoms. The van der Waals surface area contributed by atoms with Gasteiger partial charge in [0.1, 0.15) is 17.3 Å². The van der Waals surface area contributed by atoms with Crippen LogP contribution in [-0.4, -0.2) is 58.9 Å². The number of ether oxygens (including phenoxy) is 1. The maximum atomic E-state index is 13.4. The van der Waals surface area contributed by atoms with Gasteiger partial charge in [-0.15, -0.1) is 0 Å². The first-order valence-electron chi connectivity index (χ1n) is 11.3. The summed E-state index contributed by atoms with van der Waals surface area (Å²) in [5.74, 6) is -1.50. The lowest BCUT2D eigenvalue weighted by Crippen LogP contribution is -2.38. The fourth-order valence-corrected chi connectivity index (χ4v) is 4.01. The maximum absolute atomic E-state index is 13.4. The molecule has 1 aliphatic heterocycles. The molecular formula is C26H31FN2O4. The van der Waals surface area contributed by atoms with Crippen LogP contribution in [-0.2, 0) is 9.59 Å². The Kier molecular flexibility index (Phi) is 7.87. The maximum Gasteiger partial charge on any atom is 0.295 e. The highest BCUT2D eigenvalue weighted by Crippen LogP contribution is 2.39. The molecule has 1 heterocycles. The van der Waals surface area contributed by atoms with E-state index < -0.39 is 23.5 Å². The van der Waals surface area contributed by atoms with E-state index in [4.69, 9.17) is 4.74 Å². The van der Waals surface area contributed by atoms with E-state index in [1.807, 2.05) is 27.7 Å². The van der Waals surface area contributed by atoms with Gasteiger partial charge >= 0.3 is 0 Å². The van der Waals surface area contributed by atoms with Gasteiger partial charge in [0.2, 0.25) is 0 Å². The molecule has 7 heteroatoms. The van der Waals surface area contributed by atoms with Crippen molar-refractivity contribution in [1.82, 2.24) is 9.80 Å². The fraction of sp³-hybridized carbons (Fsp3) is 0.385. The highest BCUT2D eigenvalue weighted by Gasteiger charge is 2.45. The smallest absolute Gasteiger partial charge is 0.295 e. The molecule has 1 N–H and O–H groups in total. The zero-order valence-electron chi connectivity index (χ0n) is 19.5. The quantitative estimate of drug-likeness (QED) is 0.346. The van der Waals surface area contributed by atoms with Gasteiger partial charge in [-0.2, -0.15) is 0 Å². The fourth-order valence-electron chi connectivity index (χ4n) is 4.01. The third-order valence-electron chi connectivity index (χ3n) is 5.78. The number of aliphatic hydroxyl groups excluding tert-OH is 1. The van der Waals surface area contributed by atoms with Crippen LogP contribution >= 0.6 is 0 Å². The minimum Gasteiger partial charge on any atom is -0.507 e. The van der Waals surface area contributed by atoms with E-state index in [-0.39, 0.29) is 23.0 Å². The summed E-state index contributed by atoms with van der Waals surface area (Å²) >= 11 is 0. The van der Waals surface area contributed by atoms with Crippen LogP contribution < -0.4 is 4.74 Å². The first-order valence-corrected chi connectivity index (χ1v) is 11.3. The Balaban J connectivity index is 2.06. The monoisotopic (exact) mass is 454 g/mol. The van der Waals surface area contributed by atoms with Crippen molar-refractivity contribution in [3.63, 3.8) is 0 Å². The van der Waals surface area contributed by atoms with Crippen LogP contribution in [0.1, 0.15) is 44.9 Å². The topological polar surface area (TPSA) is 70.1 Å². The summed E-state index contributed by atoms with van der Waals surface area (Å²) in [6.45, 7) is 10.5. The van der Waals surface area contributed by atoms with Gasteiger partial charge in [-0.05, 0) is 68.9 Å². The number of ketones is 1. The summed E-state index contributed by atoms with van der Waals surface area (Å²) in [5, 5.41) is 11.0. The minimum atomic E-state index is -0.751. The standard InChI is InChI=1S/C26H31FN2O4/c1-5-28(6-2)15-16-29-23(18-9-13-21(14-10-18)33-17(3)4)22(25(31)26(29)32)24(30)19-7-11-20(27)12-8-19/h7-14,17,23,30H,5-6,15-16H2,1-4H3/t23-/m0/s1. The predicted octanol–water partition coefficient (Wildman–Crippen LogP) is 4.38. The molecule has 1 fully saturated rings. The van der Waals surface area contributed by atoms with E-state index >= 15 is 0 Å². The molecule has 3 rings (SSSR count).